The Hall–Kier alpha value is -2.42. The summed E-state index contributed by atoms with van der Waals surface area (Å²) in [4.78, 5) is 24.4. The summed E-state index contributed by atoms with van der Waals surface area (Å²) in [6.07, 6.45) is 0. The van der Waals surface area contributed by atoms with Crippen molar-refractivity contribution in [1.82, 2.24) is 15.6 Å². The zero-order valence-electron chi connectivity index (χ0n) is 15.0. The molecule has 0 saturated carbocycles. The van der Waals surface area contributed by atoms with Gasteiger partial charge in [-0.05, 0) is 50.6 Å². The first-order valence-electron chi connectivity index (χ1n) is 8.10. The molecule has 2 rings (SSSR count). The maximum absolute atomic E-state index is 12.4. The number of hydrogen-bond donors (Lipinski definition) is 3. The fourth-order valence-corrected chi connectivity index (χ4v) is 3.78. The molecular weight excluding hydrogens is 390 g/mol. The van der Waals surface area contributed by atoms with Crippen LogP contribution in [0.3, 0.4) is 0 Å². The lowest BCUT2D eigenvalue weighted by Crippen LogP contribution is -2.42. The van der Waals surface area contributed by atoms with Crippen molar-refractivity contribution in [3.8, 4) is 0 Å². The third kappa shape index (κ3) is 5.29. The molecule has 2 amide bonds. The number of amides is 2. The van der Waals surface area contributed by atoms with Crippen LogP contribution >= 0.6 is 11.6 Å². The summed E-state index contributed by atoms with van der Waals surface area (Å²) in [5.41, 5.74) is 5.61. The van der Waals surface area contributed by atoms with Crippen LogP contribution in [0.25, 0.3) is 0 Å². The smallest absolute Gasteiger partial charge is 0.267 e. The summed E-state index contributed by atoms with van der Waals surface area (Å²) >= 11 is 6.02. The summed E-state index contributed by atoms with van der Waals surface area (Å²) in [5.74, 6) is -1.23. The molecule has 0 bridgehead atoms. The van der Waals surface area contributed by atoms with E-state index in [2.05, 4.69) is 15.6 Å². The van der Waals surface area contributed by atoms with E-state index in [1.165, 1.54) is 12.1 Å². The van der Waals surface area contributed by atoms with Crippen molar-refractivity contribution in [2.24, 2.45) is 0 Å². The third-order valence-corrected chi connectivity index (χ3v) is 5.55. The minimum Gasteiger partial charge on any atom is -0.267 e. The molecule has 2 aromatic carbocycles. The minimum atomic E-state index is -3.79. The molecule has 7 nitrogen and oxygen atoms in total. The number of hydrogen-bond acceptors (Lipinski definition) is 4. The third-order valence-electron chi connectivity index (χ3n) is 3.56. The zero-order chi connectivity index (χ0) is 20.2. The van der Waals surface area contributed by atoms with Crippen molar-refractivity contribution in [2.45, 2.75) is 31.7 Å². The fourth-order valence-electron chi connectivity index (χ4n) is 2.30. The van der Waals surface area contributed by atoms with Crippen LogP contribution in [0, 0.1) is 6.92 Å². The van der Waals surface area contributed by atoms with Gasteiger partial charge in [0.1, 0.15) is 0 Å². The van der Waals surface area contributed by atoms with Crippen molar-refractivity contribution < 1.29 is 18.0 Å². The van der Waals surface area contributed by atoms with Crippen LogP contribution in [0.5, 0.6) is 0 Å². The molecule has 0 aliphatic heterocycles. The number of benzene rings is 2. The normalized spacial score (nSPS) is 11.3. The molecule has 27 heavy (non-hydrogen) atoms. The molecule has 9 heteroatoms. The van der Waals surface area contributed by atoms with Gasteiger partial charge in [0.25, 0.3) is 11.8 Å². The summed E-state index contributed by atoms with van der Waals surface area (Å²) < 4.78 is 26.9. The lowest BCUT2D eigenvalue weighted by Gasteiger charge is -2.13. The minimum absolute atomic E-state index is 0.0566. The Kier molecular flexibility index (Phi) is 6.59. The van der Waals surface area contributed by atoms with E-state index in [4.69, 9.17) is 11.6 Å². The Bertz CT molecular complexity index is 974. The SMILES string of the molecule is Cc1ccccc1C(=O)NNC(=O)c1cc(S(=O)(=O)NC(C)C)ccc1Cl. The van der Waals surface area contributed by atoms with Gasteiger partial charge in [-0.1, -0.05) is 29.8 Å². The molecule has 0 radical (unpaired) electrons. The van der Waals surface area contributed by atoms with Crippen molar-refractivity contribution in [2.75, 3.05) is 0 Å². The highest BCUT2D eigenvalue weighted by Gasteiger charge is 2.20. The first-order chi connectivity index (χ1) is 12.6. The highest BCUT2D eigenvalue weighted by molar-refractivity contribution is 7.89. The van der Waals surface area contributed by atoms with E-state index in [9.17, 15) is 18.0 Å². The van der Waals surface area contributed by atoms with Gasteiger partial charge in [0.15, 0.2) is 0 Å². The van der Waals surface area contributed by atoms with Gasteiger partial charge < -0.3 is 0 Å². The van der Waals surface area contributed by atoms with Gasteiger partial charge in [-0.3, -0.25) is 20.4 Å². The highest BCUT2D eigenvalue weighted by atomic mass is 35.5. The Morgan fingerprint density at radius 2 is 1.56 bits per heavy atom. The second-order valence-corrected chi connectivity index (χ2v) is 8.26. The van der Waals surface area contributed by atoms with Crippen molar-refractivity contribution in [3.05, 3.63) is 64.2 Å². The quantitative estimate of drug-likeness (QED) is 0.659. The van der Waals surface area contributed by atoms with E-state index >= 15 is 0 Å². The molecule has 0 aromatic heterocycles. The van der Waals surface area contributed by atoms with Crippen LogP contribution < -0.4 is 15.6 Å². The van der Waals surface area contributed by atoms with E-state index < -0.39 is 21.8 Å². The fraction of sp³-hybridized carbons (Fsp3) is 0.222. The Labute approximate surface area is 163 Å². The molecule has 0 spiro atoms. The summed E-state index contributed by atoms with van der Waals surface area (Å²) in [6.45, 7) is 5.13. The monoisotopic (exact) mass is 409 g/mol. The predicted molar refractivity (Wildman–Crippen MR) is 103 cm³/mol. The number of hydrazine groups is 1. The van der Waals surface area contributed by atoms with Crippen molar-refractivity contribution in [3.63, 3.8) is 0 Å². The molecule has 2 aromatic rings. The molecule has 0 unspecified atom stereocenters. The van der Waals surface area contributed by atoms with Crippen LogP contribution in [-0.2, 0) is 10.0 Å². The standard InChI is InChI=1S/C18H20ClN3O4S/c1-11(2)22-27(25,26)13-8-9-16(19)15(10-13)18(24)21-20-17(23)14-7-5-4-6-12(14)3/h4-11,22H,1-3H3,(H,20,23)(H,21,24). The van der Waals surface area contributed by atoms with E-state index in [0.717, 1.165) is 11.6 Å². The Morgan fingerprint density at radius 3 is 2.15 bits per heavy atom. The van der Waals surface area contributed by atoms with Gasteiger partial charge in [0.2, 0.25) is 10.0 Å². The molecule has 0 heterocycles. The number of aryl methyl sites for hydroxylation is 1. The number of halogens is 1. The molecular formula is C18H20ClN3O4S. The van der Waals surface area contributed by atoms with Crippen LogP contribution in [0.4, 0.5) is 0 Å². The van der Waals surface area contributed by atoms with Crippen molar-refractivity contribution in [1.29, 1.82) is 0 Å². The van der Waals surface area contributed by atoms with Crippen LogP contribution in [0.1, 0.15) is 40.1 Å². The van der Waals surface area contributed by atoms with Crippen LogP contribution in [-0.4, -0.2) is 26.3 Å². The lowest BCUT2D eigenvalue weighted by molar-refractivity contribution is 0.0846. The zero-order valence-corrected chi connectivity index (χ0v) is 16.6. The van der Waals surface area contributed by atoms with E-state index in [1.54, 1.807) is 45.0 Å². The van der Waals surface area contributed by atoms with E-state index in [-0.39, 0.29) is 21.5 Å². The van der Waals surface area contributed by atoms with Crippen molar-refractivity contribution >= 4 is 33.4 Å². The van der Waals surface area contributed by atoms with Crippen LogP contribution in [0.15, 0.2) is 47.4 Å². The van der Waals surface area contributed by atoms with E-state index in [0.29, 0.717) is 5.56 Å². The first kappa shape index (κ1) is 20.9. The van der Waals surface area contributed by atoms with Gasteiger partial charge in [-0.25, -0.2) is 13.1 Å². The van der Waals surface area contributed by atoms with Gasteiger partial charge >= 0.3 is 0 Å². The van der Waals surface area contributed by atoms with E-state index in [1.807, 2.05) is 0 Å². The van der Waals surface area contributed by atoms with Gasteiger partial charge in [-0.15, -0.1) is 0 Å². The summed E-state index contributed by atoms with van der Waals surface area (Å²) in [6, 6.07) is 10.3. The summed E-state index contributed by atoms with van der Waals surface area (Å²) in [5, 5.41) is 0.0566. The number of rotatable bonds is 5. The molecule has 0 atom stereocenters. The number of carbonyl (C=O) groups excluding carboxylic acids is 2. The topological polar surface area (TPSA) is 104 Å². The largest absolute Gasteiger partial charge is 0.271 e. The Morgan fingerprint density at radius 1 is 0.963 bits per heavy atom. The maximum Gasteiger partial charge on any atom is 0.271 e. The summed E-state index contributed by atoms with van der Waals surface area (Å²) in [7, 11) is -3.79. The lowest BCUT2D eigenvalue weighted by atomic mass is 10.1. The van der Waals surface area contributed by atoms with Gasteiger partial charge in [0.05, 0.1) is 15.5 Å². The number of carbonyl (C=O) groups is 2. The van der Waals surface area contributed by atoms with Gasteiger partial charge in [-0.2, -0.15) is 0 Å². The van der Waals surface area contributed by atoms with Gasteiger partial charge in [0, 0.05) is 11.6 Å². The number of sulfonamides is 1. The number of nitrogens with one attached hydrogen (secondary N) is 3. The van der Waals surface area contributed by atoms with Crippen LogP contribution in [0.2, 0.25) is 5.02 Å². The maximum atomic E-state index is 12.4. The second kappa shape index (κ2) is 8.51. The molecule has 0 aliphatic rings. The highest BCUT2D eigenvalue weighted by Crippen LogP contribution is 2.20. The first-order valence-corrected chi connectivity index (χ1v) is 9.96. The molecule has 0 aliphatic carbocycles. The average molecular weight is 410 g/mol. The molecule has 0 saturated heterocycles. The Balaban J connectivity index is 2.18. The molecule has 3 N–H and O–H groups in total. The predicted octanol–water partition coefficient (Wildman–Crippen LogP) is 2.41. The average Bonchev–Trinajstić information content (AvgIpc) is 2.59. The molecule has 0 fully saturated rings. The second-order valence-electron chi connectivity index (χ2n) is 6.14. The molecule has 144 valence electrons.